The summed E-state index contributed by atoms with van der Waals surface area (Å²) in [7, 11) is 0. The van der Waals surface area contributed by atoms with Crippen molar-refractivity contribution in [2.45, 2.75) is 82.7 Å². The predicted molar refractivity (Wildman–Crippen MR) is 122 cm³/mol. The summed E-state index contributed by atoms with van der Waals surface area (Å²) >= 11 is -0.459. The second-order valence-corrected chi connectivity index (χ2v) is 14.7. The van der Waals surface area contributed by atoms with E-state index in [1.165, 1.54) is 51.4 Å². The maximum atomic E-state index is 2.66. The van der Waals surface area contributed by atoms with Crippen molar-refractivity contribution < 1.29 is 22.8 Å². The van der Waals surface area contributed by atoms with E-state index in [1.807, 2.05) is 5.57 Å². The first kappa shape index (κ1) is 20.6. The summed E-state index contributed by atoms with van der Waals surface area (Å²) in [6, 6.07) is 0. The molecular weight excluding hydrogens is 428 g/mol. The summed E-state index contributed by atoms with van der Waals surface area (Å²) in [4.78, 5) is 0. The molecule has 3 saturated carbocycles. The van der Waals surface area contributed by atoms with Gasteiger partial charge in [-0.25, -0.2) is 0 Å². The van der Waals surface area contributed by atoms with Gasteiger partial charge >= 0.3 is 191 Å². The second-order valence-electron chi connectivity index (χ2n) is 10.6. The fraction of sp³-hybridized carbons (Fsp3) is 0.679. The van der Waals surface area contributed by atoms with Crippen molar-refractivity contribution in [1.29, 1.82) is 0 Å². The van der Waals surface area contributed by atoms with E-state index in [-0.39, 0.29) is 0 Å². The first-order valence-corrected chi connectivity index (χ1v) is 15.1. The minimum atomic E-state index is -0.459. The van der Waals surface area contributed by atoms with Crippen molar-refractivity contribution in [3.8, 4) is 0 Å². The molecule has 5 aliphatic rings. The fourth-order valence-electron chi connectivity index (χ4n) is 7.82. The van der Waals surface area contributed by atoms with Gasteiger partial charge in [0.05, 0.1) is 0 Å². The monoisotopic (exact) mass is 465 g/mol. The molecule has 0 N–H and O–H groups in total. The number of fused-ring (bicyclic) bond motifs is 3. The predicted octanol–water partition coefficient (Wildman–Crippen LogP) is 7.70. The zero-order chi connectivity index (χ0) is 20.1. The van der Waals surface area contributed by atoms with Gasteiger partial charge in [-0.1, -0.05) is 0 Å². The van der Waals surface area contributed by atoms with Crippen LogP contribution in [0.2, 0.25) is 3.63 Å². The number of hydrogen-bond donors (Lipinski definition) is 0. The zero-order valence-electron chi connectivity index (χ0n) is 19.0. The Balaban J connectivity index is 1.55. The molecule has 1 heteroatoms. The molecule has 0 saturated heterocycles. The van der Waals surface area contributed by atoms with Crippen molar-refractivity contribution in [1.82, 2.24) is 0 Å². The van der Waals surface area contributed by atoms with Gasteiger partial charge < -0.3 is 0 Å². The Bertz CT molecular complexity index is 811. The third-order valence-electron chi connectivity index (χ3n) is 9.49. The van der Waals surface area contributed by atoms with E-state index in [0.717, 1.165) is 33.2 Å². The Morgan fingerprint density at radius 1 is 0.828 bits per heavy atom. The SMILES string of the molecule is CC1=C(C)C(C)C(C2CCCC3C4C=CC=CC4[CH]([Zr]=[C]4CCCCC4)C23)=C1C. The quantitative estimate of drug-likeness (QED) is 0.391. The van der Waals surface area contributed by atoms with Crippen molar-refractivity contribution >= 4 is 3.21 Å². The van der Waals surface area contributed by atoms with E-state index in [0.29, 0.717) is 5.92 Å². The van der Waals surface area contributed by atoms with Crippen LogP contribution in [0.4, 0.5) is 0 Å². The molecule has 0 aromatic rings. The summed E-state index contributed by atoms with van der Waals surface area (Å²) in [5.41, 5.74) is 6.83. The first-order valence-electron chi connectivity index (χ1n) is 12.4. The van der Waals surface area contributed by atoms with E-state index >= 15 is 0 Å². The third-order valence-corrected chi connectivity index (χ3v) is 14.4. The van der Waals surface area contributed by atoms with Gasteiger partial charge in [-0.2, -0.15) is 0 Å². The molecule has 29 heavy (non-hydrogen) atoms. The van der Waals surface area contributed by atoms with Gasteiger partial charge in [0.1, 0.15) is 0 Å². The molecule has 155 valence electrons. The van der Waals surface area contributed by atoms with E-state index in [1.54, 1.807) is 16.7 Å². The Morgan fingerprint density at radius 3 is 2.24 bits per heavy atom. The Hall–Kier alpha value is -0.287. The molecule has 0 aliphatic heterocycles. The topological polar surface area (TPSA) is 0 Å². The fourth-order valence-corrected chi connectivity index (χ4v) is 13.5. The van der Waals surface area contributed by atoms with Crippen LogP contribution in [-0.4, -0.2) is 3.21 Å². The van der Waals surface area contributed by atoms with Gasteiger partial charge in [0.2, 0.25) is 0 Å². The molecule has 0 nitrogen and oxygen atoms in total. The van der Waals surface area contributed by atoms with Crippen LogP contribution in [-0.2, 0) is 22.8 Å². The van der Waals surface area contributed by atoms with E-state index < -0.39 is 22.8 Å². The van der Waals surface area contributed by atoms with Crippen LogP contribution in [0.25, 0.3) is 0 Å². The Kier molecular flexibility index (Phi) is 5.92. The van der Waals surface area contributed by atoms with Gasteiger partial charge in [-0.3, -0.25) is 0 Å². The van der Waals surface area contributed by atoms with Gasteiger partial charge in [0.15, 0.2) is 0 Å². The van der Waals surface area contributed by atoms with Crippen LogP contribution in [0.3, 0.4) is 0 Å². The summed E-state index contributed by atoms with van der Waals surface area (Å²) < 4.78 is 3.15. The molecule has 0 spiro atoms. The number of rotatable bonds is 2. The molecule has 0 aromatic heterocycles. The average Bonchev–Trinajstić information content (AvgIpc) is 3.17. The molecule has 0 radical (unpaired) electrons. The van der Waals surface area contributed by atoms with Crippen LogP contribution in [0.5, 0.6) is 0 Å². The van der Waals surface area contributed by atoms with Crippen LogP contribution >= 0.6 is 0 Å². The molecule has 0 bridgehead atoms. The summed E-state index contributed by atoms with van der Waals surface area (Å²) in [5, 5.41) is 0. The Morgan fingerprint density at radius 2 is 1.55 bits per heavy atom. The zero-order valence-corrected chi connectivity index (χ0v) is 21.5. The number of hydrogen-bond acceptors (Lipinski definition) is 0. The van der Waals surface area contributed by atoms with Crippen molar-refractivity contribution in [2.24, 2.45) is 35.5 Å². The molecule has 5 aliphatic carbocycles. The second kappa shape index (κ2) is 8.33. The van der Waals surface area contributed by atoms with Crippen molar-refractivity contribution in [2.75, 3.05) is 0 Å². The van der Waals surface area contributed by atoms with Gasteiger partial charge in [-0.15, -0.1) is 0 Å². The van der Waals surface area contributed by atoms with E-state index in [9.17, 15) is 0 Å². The molecule has 0 heterocycles. The van der Waals surface area contributed by atoms with Crippen LogP contribution in [0.1, 0.15) is 79.1 Å². The van der Waals surface area contributed by atoms with Crippen molar-refractivity contribution in [3.05, 3.63) is 46.6 Å². The Labute approximate surface area is 190 Å². The molecule has 3 fully saturated rings. The van der Waals surface area contributed by atoms with Gasteiger partial charge in [-0.05, 0) is 0 Å². The van der Waals surface area contributed by atoms with Crippen LogP contribution in [0, 0.1) is 35.5 Å². The summed E-state index contributed by atoms with van der Waals surface area (Å²) in [5.74, 6) is 5.25. The molecule has 7 unspecified atom stereocenters. The standard InChI is InChI=1S/C22H29.C6H10.Zr/c1-13-14(2)16(4)22(15(13)3)20-11-7-10-19-18-9-6-5-8-17(18)12-21(19)20;1-2-4-6-5-3-1;/h5-6,8-9,12,15,17-21H,7,10-11H2,1-4H3;1-5H2;. The molecule has 5 rings (SSSR count). The van der Waals surface area contributed by atoms with E-state index in [4.69, 9.17) is 0 Å². The van der Waals surface area contributed by atoms with Crippen LogP contribution < -0.4 is 0 Å². The molecule has 0 amide bonds. The molecular formula is C28H39Zr. The summed E-state index contributed by atoms with van der Waals surface area (Å²) in [6.07, 6.45) is 22.0. The maximum absolute atomic E-state index is 2.66. The number of allylic oxidation sites excluding steroid dienone is 8. The first-order chi connectivity index (χ1) is 14.1. The van der Waals surface area contributed by atoms with Crippen LogP contribution in [0.15, 0.2) is 46.6 Å². The normalized spacial score (nSPS) is 41.7. The average molecular weight is 467 g/mol. The molecule has 7 atom stereocenters. The third kappa shape index (κ3) is 3.47. The molecule has 0 aromatic carbocycles. The van der Waals surface area contributed by atoms with Crippen molar-refractivity contribution in [3.63, 3.8) is 0 Å². The minimum absolute atomic E-state index is 0.459. The van der Waals surface area contributed by atoms with Gasteiger partial charge in [0.25, 0.3) is 0 Å². The van der Waals surface area contributed by atoms with Gasteiger partial charge in [0, 0.05) is 0 Å². The van der Waals surface area contributed by atoms with E-state index in [2.05, 4.69) is 55.2 Å². The summed E-state index contributed by atoms with van der Waals surface area (Å²) in [6.45, 7) is 9.76.